The molecular formula is C27H27F3N2O5. The number of hydrogen-bond donors (Lipinski definition) is 0. The molecule has 0 N–H and O–H groups in total. The number of benzene rings is 2. The first-order valence-electron chi connectivity index (χ1n) is 11.7. The molecule has 2 heterocycles. The molecule has 3 aromatic rings. The highest BCUT2D eigenvalue weighted by Gasteiger charge is 2.32. The summed E-state index contributed by atoms with van der Waals surface area (Å²) in [6.07, 6.45) is -4.59. The SMILES string of the molecule is Cc1ccc(CN(Cc2ccc3c(c2)OCO3)C(=O)CN(C(=O)c2cccc(C(F)(F)F)c2)C(C)C)o1. The lowest BCUT2D eigenvalue weighted by molar-refractivity contribution is -0.137. The monoisotopic (exact) mass is 516 g/mol. The number of fused-ring (bicyclic) bond motifs is 1. The van der Waals surface area contributed by atoms with Gasteiger partial charge >= 0.3 is 6.18 Å². The Kier molecular flexibility index (Phi) is 7.47. The Morgan fingerprint density at radius 1 is 0.973 bits per heavy atom. The summed E-state index contributed by atoms with van der Waals surface area (Å²) >= 11 is 0. The molecule has 2 aromatic carbocycles. The summed E-state index contributed by atoms with van der Waals surface area (Å²) in [5.41, 5.74) is -0.285. The summed E-state index contributed by atoms with van der Waals surface area (Å²) in [6.45, 7) is 5.34. The van der Waals surface area contributed by atoms with Gasteiger partial charge in [-0.2, -0.15) is 13.2 Å². The van der Waals surface area contributed by atoms with E-state index < -0.39 is 23.7 Å². The molecule has 0 unspecified atom stereocenters. The summed E-state index contributed by atoms with van der Waals surface area (Å²) in [5.74, 6) is 1.39. The van der Waals surface area contributed by atoms with Crippen LogP contribution in [0, 0.1) is 6.92 Å². The first-order chi connectivity index (χ1) is 17.5. The number of aryl methyl sites for hydroxylation is 1. The third-order valence-electron chi connectivity index (χ3n) is 5.93. The van der Waals surface area contributed by atoms with Gasteiger partial charge in [0.25, 0.3) is 5.91 Å². The second kappa shape index (κ2) is 10.6. The van der Waals surface area contributed by atoms with Gasteiger partial charge in [0.1, 0.15) is 18.1 Å². The summed E-state index contributed by atoms with van der Waals surface area (Å²) in [7, 11) is 0. The first kappa shape index (κ1) is 26.1. The second-order valence-corrected chi connectivity index (χ2v) is 9.06. The quantitative estimate of drug-likeness (QED) is 0.400. The fourth-order valence-electron chi connectivity index (χ4n) is 3.98. The van der Waals surface area contributed by atoms with Crippen LogP contribution in [-0.4, -0.2) is 41.0 Å². The lowest BCUT2D eigenvalue weighted by Crippen LogP contribution is -2.45. The molecule has 196 valence electrons. The van der Waals surface area contributed by atoms with Crippen LogP contribution in [0.2, 0.25) is 0 Å². The average molecular weight is 517 g/mol. The lowest BCUT2D eigenvalue weighted by Gasteiger charge is -2.30. The van der Waals surface area contributed by atoms with E-state index in [-0.39, 0.29) is 37.9 Å². The van der Waals surface area contributed by atoms with E-state index in [0.717, 1.165) is 17.7 Å². The largest absolute Gasteiger partial charge is 0.464 e. The standard InChI is InChI=1S/C27H27F3N2O5/c1-17(2)32(26(34)20-5-4-6-21(12-20)27(28,29)30)15-25(33)31(14-22-9-7-18(3)37-22)13-19-8-10-23-24(11-19)36-16-35-23/h4-12,17H,13-16H2,1-3H3. The minimum absolute atomic E-state index is 0.119. The van der Waals surface area contributed by atoms with Crippen LogP contribution < -0.4 is 9.47 Å². The van der Waals surface area contributed by atoms with Crippen molar-refractivity contribution in [3.8, 4) is 11.5 Å². The highest BCUT2D eigenvalue weighted by molar-refractivity contribution is 5.97. The normalized spacial score (nSPS) is 12.6. The Hall–Kier alpha value is -3.95. The van der Waals surface area contributed by atoms with E-state index in [4.69, 9.17) is 13.9 Å². The number of furan rings is 1. The molecule has 7 nitrogen and oxygen atoms in total. The topological polar surface area (TPSA) is 72.2 Å². The number of carbonyl (C=O) groups is 2. The molecule has 0 saturated heterocycles. The van der Waals surface area contributed by atoms with Crippen LogP contribution in [0.5, 0.6) is 11.5 Å². The minimum atomic E-state index is -4.59. The highest BCUT2D eigenvalue weighted by Crippen LogP contribution is 2.33. The van der Waals surface area contributed by atoms with Crippen LogP contribution in [0.25, 0.3) is 0 Å². The van der Waals surface area contributed by atoms with Gasteiger partial charge in [-0.1, -0.05) is 12.1 Å². The van der Waals surface area contributed by atoms with Gasteiger partial charge in [0, 0.05) is 18.2 Å². The summed E-state index contributed by atoms with van der Waals surface area (Å²) < 4.78 is 56.0. The summed E-state index contributed by atoms with van der Waals surface area (Å²) in [6, 6.07) is 12.7. The van der Waals surface area contributed by atoms with Crippen molar-refractivity contribution in [1.29, 1.82) is 0 Å². The van der Waals surface area contributed by atoms with Crippen molar-refractivity contribution < 1.29 is 36.7 Å². The van der Waals surface area contributed by atoms with Crippen molar-refractivity contribution in [2.75, 3.05) is 13.3 Å². The number of nitrogens with zero attached hydrogens (tertiary/aromatic N) is 2. The van der Waals surface area contributed by atoms with Crippen molar-refractivity contribution >= 4 is 11.8 Å². The van der Waals surface area contributed by atoms with E-state index in [9.17, 15) is 22.8 Å². The summed E-state index contributed by atoms with van der Waals surface area (Å²) in [5, 5.41) is 0. The molecule has 0 fully saturated rings. The zero-order chi connectivity index (χ0) is 26.7. The van der Waals surface area contributed by atoms with Crippen LogP contribution in [0.15, 0.2) is 59.0 Å². The Morgan fingerprint density at radius 3 is 2.41 bits per heavy atom. The van der Waals surface area contributed by atoms with Gasteiger partial charge < -0.3 is 23.7 Å². The average Bonchev–Trinajstić information content (AvgIpc) is 3.49. The van der Waals surface area contributed by atoms with Crippen molar-refractivity contribution in [3.05, 3.63) is 82.8 Å². The predicted octanol–water partition coefficient (Wildman–Crippen LogP) is 5.42. The molecular weight excluding hydrogens is 489 g/mol. The van der Waals surface area contributed by atoms with Gasteiger partial charge in [-0.25, -0.2) is 0 Å². The molecule has 4 rings (SSSR count). The van der Waals surface area contributed by atoms with Gasteiger partial charge in [0.2, 0.25) is 12.7 Å². The Labute approximate surface area is 212 Å². The maximum Gasteiger partial charge on any atom is 0.416 e. The van der Waals surface area contributed by atoms with E-state index in [1.165, 1.54) is 21.9 Å². The third-order valence-corrected chi connectivity index (χ3v) is 5.93. The van der Waals surface area contributed by atoms with E-state index >= 15 is 0 Å². The minimum Gasteiger partial charge on any atom is -0.464 e. The van der Waals surface area contributed by atoms with Gasteiger partial charge in [-0.3, -0.25) is 9.59 Å². The molecule has 0 bridgehead atoms. The number of ether oxygens (including phenoxy) is 2. The number of carbonyl (C=O) groups excluding carboxylic acids is 2. The fourth-order valence-corrected chi connectivity index (χ4v) is 3.98. The molecule has 2 amide bonds. The first-order valence-corrected chi connectivity index (χ1v) is 11.7. The maximum absolute atomic E-state index is 13.5. The van der Waals surface area contributed by atoms with Crippen molar-refractivity contribution in [2.45, 2.75) is 46.1 Å². The van der Waals surface area contributed by atoms with Crippen LogP contribution in [0.1, 0.15) is 46.9 Å². The van der Waals surface area contributed by atoms with E-state index in [0.29, 0.717) is 23.0 Å². The predicted molar refractivity (Wildman–Crippen MR) is 128 cm³/mol. The third kappa shape index (κ3) is 6.25. The zero-order valence-corrected chi connectivity index (χ0v) is 20.7. The highest BCUT2D eigenvalue weighted by atomic mass is 19.4. The molecule has 0 radical (unpaired) electrons. The molecule has 0 spiro atoms. The van der Waals surface area contributed by atoms with Crippen molar-refractivity contribution in [2.24, 2.45) is 0 Å². The number of rotatable bonds is 8. The number of amides is 2. The van der Waals surface area contributed by atoms with Crippen LogP contribution in [-0.2, 0) is 24.1 Å². The Bertz CT molecular complexity index is 1290. The Balaban J connectivity index is 1.57. The molecule has 0 saturated carbocycles. The lowest BCUT2D eigenvalue weighted by atomic mass is 10.1. The zero-order valence-electron chi connectivity index (χ0n) is 20.7. The van der Waals surface area contributed by atoms with Crippen LogP contribution in [0.3, 0.4) is 0 Å². The maximum atomic E-state index is 13.5. The summed E-state index contributed by atoms with van der Waals surface area (Å²) in [4.78, 5) is 29.5. The van der Waals surface area contributed by atoms with E-state index in [1.54, 1.807) is 45.0 Å². The van der Waals surface area contributed by atoms with E-state index in [2.05, 4.69) is 0 Å². The van der Waals surface area contributed by atoms with Gasteiger partial charge in [0.05, 0.1) is 12.1 Å². The molecule has 1 aliphatic rings. The number of halogens is 3. The number of hydrogen-bond acceptors (Lipinski definition) is 5. The van der Waals surface area contributed by atoms with Crippen molar-refractivity contribution in [3.63, 3.8) is 0 Å². The van der Waals surface area contributed by atoms with Gasteiger partial charge in [0.15, 0.2) is 11.5 Å². The molecule has 1 aliphatic heterocycles. The van der Waals surface area contributed by atoms with Crippen LogP contribution in [0.4, 0.5) is 13.2 Å². The Morgan fingerprint density at radius 2 is 1.73 bits per heavy atom. The van der Waals surface area contributed by atoms with E-state index in [1.807, 2.05) is 6.07 Å². The van der Waals surface area contributed by atoms with Crippen molar-refractivity contribution in [1.82, 2.24) is 9.80 Å². The second-order valence-electron chi connectivity index (χ2n) is 9.06. The molecule has 10 heteroatoms. The number of alkyl halides is 3. The molecule has 37 heavy (non-hydrogen) atoms. The molecule has 1 aromatic heterocycles. The molecule has 0 atom stereocenters. The molecule has 0 aliphatic carbocycles. The van der Waals surface area contributed by atoms with Gasteiger partial charge in [-0.15, -0.1) is 0 Å². The smallest absolute Gasteiger partial charge is 0.416 e. The fraction of sp³-hybridized carbons (Fsp3) is 0.333. The van der Waals surface area contributed by atoms with Gasteiger partial charge in [-0.05, 0) is 68.8 Å². The van der Waals surface area contributed by atoms with Crippen LogP contribution >= 0.6 is 0 Å².